The smallest absolute Gasteiger partial charge is 0.0899 e. The standard InChI is InChI=1S/C16H24O/c1-3-6-14-7-5-8-15(11-14)16(17)10-9-13(4-2)12-16/h5,7-8,11,13,17H,3-4,6,9-10,12H2,1-2H3. The van der Waals surface area contributed by atoms with Gasteiger partial charge in [-0.25, -0.2) is 0 Å². The molecule has 2 atom stereocenters. The van der Waals surface area contributed by atoms with Crippen molar-refractivity contribution in [3.05, 3.63) is 35.4 Å². The molecule has 1 aromatic carbocycles. The van der Waals surface area contributed by atoms with Crippen LogP contribution in [0.15, 0.2) is 24.3 Å². The fourth-order valence-electron chi connectivity index (χ4n) is 3.04. The van der Waals surface area contributed by atoms with Crippen molar-refractivity contribution in [3.63, 3.8) is 0 Å². The van der Waals surface area contributed by atoms with Crippen LogP contribution in [0.25, 0.3) is 0 Å². The minimum absolute atomic E-state index is 0.551. The number of benzene rings is 1. The molecular weight excluding hydrogens is 208 g/mol. The van der Waals surface area contributed by atoms with Crippen LogP contribution >= 0.6 is 0 Å². The average Bonchev–Trinajstić information content (AvgIpc) is 2.74. The number of aliphatic hydroxyl groups is 1. The third-order valence-electron chi connectivity index (χ3n) is 4.17. The first-order chi connectivity index (χ1) is 8.18. The van der Waals surface area contributed by atoms with Crippen LogP contribution in [0.4, 0.5) is 0 Å². The van der Waals surface area contributed by atoms with E-state index in [0.717, 1.165) is 24.8 Å². The summed E-state index contributed by atoms with van der Waals surface area (Å²) in [4.78, 5) is 0. The van der Waals surface area contributed by atoms with Crippen molar-refractivity contribution >= 4 is 0 Å². The molecule has 0 heterocycles. The Hall–Kier alpha value is -0.820. The summed E-state index contributed by atoms with van der Waals surface area (Å²) >= 11 is 0. The lowest BCUT2D eigenvalue weighted by molar-refractivity contribution is 0.0397. The van der Waals surface area contributed by atoms with Gasteiger partial charge < -0.3 is 5.11 Å². The summed E-state index contributed by atoms with van der Waals surface area (Å²) in [6.07, 6.45) is 6.52. The minimum atomic E-state index is -0.551. The van der Waals surface area contributed by atoms with Crippen LogP contribution in [-0.4, -0.2) is 5.11 Å². The molecule has 0 bridgehead atoms. The topological polar surface area (TPSA) is 20.2 Å². The fraction of sp³-hybridized carbons (Fsp3) is 0.625. The van der Waals surface area contributed by atoms with Crippen molar-refractivity contribution in [2.24, 2.45) is 5.92 Å². The lowest BCUT2D eigenvalue weighted by Crippen LogP contribution is -2.21. The molecule has 1 aromatic rings. The van der Waals surface area contributed by atoms with Gasteiger partial charge in [-0.2, -0.15) is 0 Å². The molecule has 2 unspecified atom stereocenters. The van der Waals surface area contributed by atoms with Gasteiger partial charge in [0.05, 0.1) is 5.60 Å². The molecule has 1 fully saturated rings. The van der Waals surface area contributed by atoms with E-state index in [0.29, 0.717) is 5.92 Å². The van der Waals surface area contributed by atoms with Gasteiger partial charge in [0.1, 0.15) is 0 Å². The first kappa shape index (κ1) is 12.6. The Kier molecular flexibility index (Phi) is 3.88. The van der Waals surface area contributed by atoms with Gasteiger partial charge in [-0.1, -0.05) is 51.0 Å². The predicted octanol–water partition coefficient (Wildman–Crippen LogP) is 4.04. The van der Waals surface area contributed by atoms with Crippen LogP contribution < -0.4 is 0 Å². The summed E-state index contributed by atoms with van der Waals surface area (Å²) < 4.78 is 0. The summed E-state index contributed by atoms with van der Waals surface area (Å²) in [5, 5.41) is 10.8. The van der Waals surface area contributed by atoms with Crippen LogP contribution in [0.5, 0.6) is 0 Å². The van der Waals surface area contributed by atoms with Gasteiger partial charge in [-0.05, 0) is 42.7 Å². The fourth-order valence-corrected chi connectivity index (χ4v) is 3.04. The molecule has 17 heavy (non-hydrogen) atoms. The molecule has 0 aliphatic heterocycles. The Morgan fingerprint density at radius 1 is 1.35 bits per heavy atom. The third-order valence-corrected chi connectivity index (χ3v) is 4.17. The van der Waals surface area contributed by atoms with E-state index in [4.69, 9.17) is 0 Å². The highest BCUT2D eigenvalue weighted by molar-refractivity contribution is 5.29. The predicted molar refractivity (Wildman–Crippen MR) is 72.0 cm³/mol. The average molecular weight is 232 g/mol. The Bertz CT molecular complexity index is 372. The largest absolute Gasteiger partial charge is 0.385 e. The number of hydrogen-bond acceptors (Lipinski definition) is 1. The Labute approximate surface area is 105 Å². The zero-order valence-electron chi connectivity index (χ0n) is 11.1. The molecule has 0 radical (unpaired) electrons. The van der Waals surface area contributed by atoms with E-state index in [1.807, 2.05) is 0 Å². The first-order valence-electron chi connectivity index (χ1n) is 6.99. The van der Waals surface area contributed by atoms with E-state index in [-0.39, 0.29) is 0 Å². The highest BCUT2D eigenvalue weighted by Crippen LogP contribution is 2.43. The Morgan fingerprint density at radius 3 is 2.82 bits per heavy atom. The van der Waals surface area contributed by atoms with Gasteiger partial charge in [-0.3, -0.25) is 0 Å². The van der Waals surface area contributed by atoms with Crippen molar-refractivity contribution in [2.75, 3.05) is 0 Å². The van der Waals surface area contributed by atoms with E-state index in [2.05, 4.69) is 38.1 Å². The maximum Gasteiger partial charge on any atom is 0.0899 e. The molecule has 1 saturated carbocycles. The third kappa shape index (κ3) is 2.71. The first-order valence-corrected chi connectivity index (χ1v) is 6.99. The molecule has 0 aromatic heterocycles. The second-order valence-corrected chi connectivity index (χ2v) is 5.50. The van der Waals surface area contributed by atoms with Crippen LogP contribution in [0, 0.1) is 5.92 Å². The summed E-state index contributed by atoms with van der Waals surface area (Å²) in [6, 6.07) is 8.57. The molecule has 1 heteroatoms. The van der Waals surface area contributed by atoms with E-state index in [1.54, 1.807) is 0 Å². The lowest BCUT2D eigenvalue weighted by Gasteiger charge is -2.24. The summed E-state index contributed by atoms with van der Waals surface area (Å²) in [7, 11) is 0. The lowest BCUT2D eigenvalue weighted by atomic mass is 9.89. The molecule has 2 rings (SSSR count). The van der Waals surface area contributed by atoms with Crippen molar-refractivity contribution in [1.29, 1.82) is 0 Å². The highest BCUT2D eigenvalue weighted by atomic mass is 16.3. The van der Waals surface area contributed by atoms with Crippen LogP contribution in [0.3, 0.4) is 0 Å². The monoisotopic (exact) mass is 232 g/mol. The molecule has 1 aliphatic carbocycles. The van der Waals surface area contributed by atoms with Crippen LogP contribution in [0.1, 0.15) is 57.1 Å². The quantitative estimate of drug-likeness (QED) is 0.830. The minimum Gasteiger partial charge on any atom is -0.385 e. The van der Waals surface area contributed by atoms with Gasteiger partial charge in [-0.15, -0.1) is 0 Å². The molecule has 0 saturated heterocycles. The van der Waals surface area contributed by atoms with E-state index in [9.17, 15) is 5.11 Å². The SMILES string of the molecule is CCCc1cccc(C2(O)CCC(CC)C2)c1. The summed E-state index contributed by atoms with van der Waals surface area (Å²) in [6.45, 7) is 4.42. The summed E-state index contributed by atoms with van der Waals surface area (Å²) in [5.41, 5.74) is 1.95. The van der Waals surface area contributed by atoms with Gasteiger partial charge in [0, 0.05) is 0 Å². The van der Waals surface area contributed by atoms with Crippen molar-refractivity contribution < 1.29 is 5.11 Å². The van der Waals surface area contributed by atoms with Gasteiger partial charge >= 0.3 is 0 Å². The molecule has 94 valence electrons. The Morgan fingerprint density at radius 2 is 2.18 bits per heavy atom. The van der Waals surface area contributed by atoms with Crippen LogP contribution in [0.2, 0.25) is 0 Å². The maximum atomic E-state index is 10.8. The number of hydrogen-bond donors (Lipinski definition) is 1. The van der Waals surface area contributed by atoms with Gasteiger partial charge in [0.15, 0.2) is 0 Å². The van der Waals surface area contributed by atoms with E-state index < -0.39 is 5.60 Å². The van der Waals surface area contributed by atoms with E-state index in [1.165, 1.54) is 24.8 Å². The van der Waals surface area contributed by atoms with Crippen molar-refractivity contribution in [1.82, 2.24) is 0 Å². The Balaban J connectivity index is 2.18. The van der Waals surface area contributed by atoms with Crippen molar-refractivity contribution in [3.8, 4) is 0 Å². The second kappa shape index (κ2) is 5.22. The second-order valence-electron chi connectivity index (χ2n) is 5.50. The normalized spacial score (nSPS) is 28.5. The zero-order chi connectivity index (χ0) is 12.3. The molecule has 1 aliphatic rings. The van der Waals surface area contributed by atoms with Crippen molar-refractivity contribution in [2.45, 2.75) is 58.0 Å². The highest BCUT2D eigenvalue weighted by Gasteiger charge is 2.37. The van der Waals surface area contributed by atoms with Gasteiger partial charge in [0.2, 0.25) is 0 Å². The molecule has 1 N–H and O–H groups in total. The molecule has 0 spiro atoms. The zero-order valence-corrected chi connectivity index (χ0v) is 11.1. The number of rotatable bonds is 4. The molecule has 0 amide bonds. The molecular formula is C16H24O. The van der Waals surface area contributed by atoms with Gasteiger partial charge in [0.25, 0.3) is 0 Å². The number of aryl methyl sites for hydroxylation is 1. The van der Waals surface area contributed by atoms with E-state index >= 15 is 0 Å². The molecule has 1 nitrogen and oxygen atoms in total. The maximum absolute atomic E-state index is 10.8. The van der Waals surface area contributed by atoms with Crippen LogP contribution in [-0.2, 0) is 12.0 Å². The summed E-state index contributed by atoms with van der Waals surface area (Å²) in [5.74, 6) is 0.704.